The van der Waals surface area contributed by atoms with Crippen LogP contribution in [-0.4, -0.2) is 19.9 Å². The summed E-state index contributed by atoms with van der Waals surface area (Å²) in [5.41, 5.74) is 8.37. The second kappa shape index (κ2) is 11.6. The highest BCUT2D eigenvalue weighted by Gasteiger charge is 2.24. The minimum Gasteiger partial charge on any atom is -0.456 e. The van der Waals surface area contributed by atoms with Crippen molar-refractivity contribution in [1.82, 2.24) is 19.9 Å². The van der Waals surface area contributed by atoms with E-state index in [0.717, 1.165) is 81.3 Å². The van der Waals surface area contributed by atoms with Crippen LogP contribution in [0.15, 0.2) is 162 Å². The maximum atomic E-state index is 6.49. The van der Waals surface area contributed by atoms with Gasteiger partial charge in [-0.15, -0.1) is 11.3 Å². The van der Waals surface area contributed by atoms with Crippen LogP contribution in [0.3, 0.4) is 0 Å². The summed E-state index contributed by atoms with van der Waals surface area (Å²) in [4.78, 5) is 20.9. The number of para-hydroxylation sites is 1. The number of hydrogen-bond donors (Lipinski definition) is 0. The molecule has 10 aromatic rings. The highest BCUT2D eigenvalue weighted by atomic mass is 32.1. The molecule has 0 aliphatic carbocycles. The van der Waals surface area contributed by atoms with E-state index in [1.807, 2.05) is 42.5 Å². The predicted molar refractivity (Wildman–Crippen MR) is 205 cm³/mol. The summed E-state index contributed by atoms with van der Waals surface area (Å²) >= 11 is 1.64. The highest BCUT2D eigenvalue weighted by Crippen LogP contribution is 2.44. The smallest absolute Gasteiger partial charge is 0.167 e. The van der Waals surface area contributed by atoms with Gasteiger partial charge in [0.15, 0.2) is 17.5 Å². The number of furan rings is 1. The van der Waals surface area contributed by atoms with Gasteiger partial charge in [0.05, 0.1) is 15.8 Å². The summed E-state index contributed by atoms with van der Waals surface area (Å²) in [5.74, 6) is 1.74. The molecular weight excluding hydrogens is 633 g/mol. The van der Waals surface area contributed by atoms with Crippen molar-refractivity contribution in [3.05, 3.63) is 158 Å². The number of rotatable bonds is 5. The molecule has 0 atom stereocenters. The largest absolute Gasteiger partial charge is 0.456 e. The molecule has 0 spiro atoms. The van der Waals surface area contributed by atoms with Crippen LogP contribution in [0.25, 0.3) is 98.8 Å². The third-order valence-electron chi connectivity index (χ3n) is 9.14. The molecule has 0 amide bonds. The van der Waals surface area contributed by atoms with Crippen LogP contribution in [-0.2, 0) is 0 Å². The van der Waals surface area contributed by atoms with Crippen LogP contribution >= 0.6 is 11.3 Å². The van der Waals surface area contributed by atoms with Gasteiger partial charge in [-0.25, -0.2) is 19.9 Å². The first-order valence-corrected chi connectivity index (χ1v) is 17.3. The average Bonchev–Trinajstić information content (AvgIpc) is 3.79. The lowest BCUT2D eigenvalue weighted by Gasteiger charge is -2.11. The van der Waals surface area contributed by atoms with Crippen molar-refractivity contribution >= 4 is 54.3 Å². The second-order valence-electron chi connectivity index (χ2n) is 12.3. The van der Waals surface area contributed by atoms with Crippen molar-refractivity contribution in [2.24, 2.45) is 0 Å². The van der Waals surface area contributed by atoms with Crippen molar-refractivity contribution in [3.8, 4) is 55.9 Å². The molecule has 0 aliphatic heterocycles. The third kappa shape index (κ3) is 4.85. The van der Waals surface area contributed by atoms with Crippen LogP contribution in [0.1, 0.15) is 0 Å². The molecule has 0 saturated carbocycles. The SMILES string of the molecule is c1ccc(-c2cccc(-c3nc(-c4ccc5ccccc5c4)nc(-c4c5nc(-c6ccccc6)sc5cc5oc6ccccc6c45)n3)c2)cc1. The van der Waals surface area contributed by atoms with Crippen molar-refractivity contribution in [3.63, 3.8) is 0 Å². The maximum absolute atomic E-state index is 6.49. The Labute approximate surface area is 291 Å². The summed E-state index contributed by atoms with van der Waals surface area (Å²) in [6.45, 7) is 0. The minimum atomic E-state index is 0.551. The van der Waals surface area contributed by atoms with Crippen molar-refractivity contribution in [2.75, 3.05) is 0 Å². The van der Waals surface area contributed by atoms with Gasteiger partial charge in [0.25, 0.3) is 0 Å². The molecule has 0 saturated heterocycles. The van der Waals surface area contributed by atoms with E-state index in [9.17, 15) is 0 Å². The molecule has 0 aliphatic rings. The van der Waals surface area contributed by atoms with E-state index in [-0.39, 0.29) is 0 Å². The molecule has 0 fully saturated rings. The quantitative estimate of drug-likeness (QED) is 0.184. The van der Waals surface area contributed by atoms with Crippen molar-refractivity contribution in [2.45, 2.75) is 0 Å². The molecule has 10 rings (SSSR count). The van der Waals surface area contributed by atoms with Gasteiger partial charge in [-0.1, -0.05) is 133 Å². The van der Waals surface area contributed by atoms with E-state index in [4.69, 9.17) is 24.4 Å². The van der Waals surface area contributed by atoms with Crippen LogP contribution in [0.4, 0.5) is 0 Å². The summed E-state index contributed by atoms with van der Waals surface area (Å²) in [5, 5.41) is 5.15. The Bertz CT molecular complexity index is 2880. The Hall–Kier alpha value is -6.50. The lowest BCUT2D eigenvalue weighted by molar-refractivity contribution is 0.669. The molecule has 50 heavy (non-hydrogen) atoms. The van der Waals surface area contributed by atoms with Crippen molar-refractivity contribution < 1.29 is 4.42 Å². The minimum absolute atomic E-state index is 0.551. The third-order valence-corrected chi connectivity index (χ3v) is 10.2. The molecule has 3 aromatic heterocycles. The van der Waals surface area contributed by atoms with E-state index in [1.165, 1.54) is 0 Å². The number of benzene rings is 7. The van der Waals surface area contributed by atoms with Crippen LogP contribution in [0, 0.1) is 0 Å². The van der Waals surface area contributed by atoms with Gasteiger partial charge in [-0.05, 0) is 40.1 Å². The van der Waals surface area contributed by atoms with E-state index >= 15 is 0 Å². The van der Waals surface area contributed by atoms with E-state index in [1.54, 1.807) is 11.3 Å². The maximum Gasteiger partial charge on any atom is 0.167 e. The normalized spacial score (nSPS) is 11.6. The van der Waals surface area contributed by atoms with E-state index in [2.05, 4.69) is 115 Å². The number of thiazole rings is 1. The standard InChI is InChI=1S/C44H26N4OS/c1-3-12-27(13-4-1)31-18-11-19-32(24-31)41-46-42(33-23-22-28-14-7-8-17-30(28)25-33)48-43(47-41)39-38-34-20-9-10-21-35(34)49-36(38)26-37-40(39)45-44(50-37)29-15-5-2-6-16-29/h1-26H. The van der Waals surface area contributed by atoms with Gasteiger partial charge >= 0.3 is 0 Å². The zero-order valence-electron chi connectivity index (χ0n) is 26.6. The van der Waals surface area contributed by atoms with Gasteiger partial charge < -0.3 is 4.42 Å². The Morgan fingerprint density at radius 1 is 0.420 bits per heavy atom. The molecular formula is C44H26N4OS. The molecule has 5 nitrogen and oxygen atoms in total. The van der Waals surface area contributed by atoms with Gasteiger partial charge in [0, 0.05) is 33.5 Å². The Morgan fingerprint density at radius 3 is 1.88 bits per heavy atom. The fourth-order valence-electron chi connectivity index (χ4n) is 6.73. The first-order valence-electron chi connectivity index (χ1n) is 16.5. The first kappa shape index (κ1) is 28.5. The number of fused-ring (bicyclic) bond motifs is 5. The number of hydrogen-bond acceptors (Lipinski definition) is 6. The number of nitrogens with zero attached hydrogens (tertiary/aromatic N) is 4. The summed E-state index contributed by atoms with van der Waals surface area (Å²) < 4.78 is 7.49. The van der Waals surface area contributed by atoms with E-state index < -0.39 is 0 Å². The molecule has 0 unspecified atom stereocenters. The summed E-state index contributed by atoms with van der Waals surface area (Å²) in [6.07, 6.45) is 0. The molecule has 234 valence electrons. The first-order chi connectivity index (χ1) is 24.7. The molecule has 0 N–H and O–H groups in total. The molecule has 6 heteroatoms. The fourth-order valence-corrected chi connectivity index (χ4v) is 7.74. The Morgan fingerprint density at radius 2 is 1.06 bits per heavy atom. The van der Waals surface area contributed by atoms with E-state index in [0.29, 0.717) is 17.5 Å². The topological polar surface area (TPSA) is 64.7 Å². The number of aromatic nitrogens is 4. The average molecular weight is 659 g/mol. The zero-order valence-corrected chi connectivity index (χ0v) is 27.4. The predicted octanol–water partition coefficient (Wildman–Crippen LogP) is 11.9. The van der Waals surface area contributed by atoms with Crippen LogP contribution < -0.4 is 0 Å². The molecule has 7 aromatic carbocycles. The van der Waals surface area contributed by atoms with Gasteiger partial charge in [-0.2, -0.15) is 0 Å². The van der Waals surface area contributed by atoms with Gasteiger partial charge in [-0.3, -0.25) is 0 Å². The molecule has 3 heterocycles. The summed E-state index contributed by atoms with van der Waals surface area (Å²) in [7, 11) is 0. The zero-order chi connectivity index (χ0) is 33.0. The van der Waals surface area contributed by atoms with Crippen LogP contribution in [0.5, 0.6) is 0 Å². The Kier molecular flexibility index (Phi) is 6.60. The van der Waals surface area contributed by atoms with Crippen molar-refractivity contribution in [1.29, 1.82) is 0 Å². The summed E-state index contributed by atoms with van der Waals surface area (Å²) in [6, 6.07) is 54.0. The lowest BCUT2D eigenvalue weighted by atomic mass is 10.0. The monoisotopic (exact) mass is 658 g/mol. The molecule has 0 radical (unpaired) electrons. The highest BCUT2D eigenvalue weighted by molar-refractivity contribution is 7.21. The lowest BCUT2D eigenvalue weighted by Crippen LogP contribution is -2.01. The van der Waals surface area contributed by atoms with Gasteiger partial charge in [0.1, 0.15) is 16.2 Å². The Balaban J connectivity index is 1.28. The van der Waals surface area contributed by atoms with Gasteiger partial charge in [0.2, 0.25) is 0 Å². The second-order valence-corrected chi connectivity index (χ2v) is 13.3. The fraction of sp³-hybridized carbons (Fsp3) is 0. The molecule has 0 bridgehead atoms. The van der Waals surface area contributed by atoms with Crippen LogP contribution in [0.2, 0.25) is 0 Å².